The quantitative estimate of drug-likeness (QED) is 0.134. The molecule has 0 amide bonds. The molecule has 0 aliphatic carbocycles. The third-order valence-electron chi connectivity index (χ3n) is 20.7. The Morgan fingerprint density at radius 2 is 0.510 bits per heavy atom. The molecule has 2 N–H and O–H groups in total. The van der Waals surface area contributed by atoms with E-state index in [1.807, 2.05) is 0 Å². The number of fused-ring (bicyclic) bond motifs is 11. The van der Waals surface area contributed by atoms with E-state index in [9.17, 15) is 0 Å². The molecule has 13 rings (SSSR count). The Balaban J connectivity index is 1.23. The van der Waals surface area contributed by atoms with Crippen molar-refractivity contribution < 1.29 is 4.48 Å². The summed E-state index contributed by atoms with van der Waals surface area (Å²) in [4.78, 5) is 20.4. The molecule has 0 saturated carbocycles. The summed E-state index contributed by atoms with van der Waals surface area (Å²) >= 11 is 0. The van der Waals surface area contributed by atoms with Gasteiger partial charge in [0.1, 0.15) is 0 Å². The Kier molecular flexibility index (Phi) is 17.5. The fourth-order valence-electron chi connectivity index (χ4n) is 14.3. The first-order valence-corrected chi connectivity index (χ1v) is 36.2. The molecule has 100 heavy (non-hydrogen) atoms. The minimum absolute atomic E-state index is 0.0478. The van der Waals surface area contributed by atoms with Crippen molar-refractivity contribution in [3.63, 3.8) is 0 Å². The van der Waals surface area contributed by atoms with Crippen molar-refractivity contribution in [2.45, 2.75) is 164 Å². The van der Waals surface area contributed by atoms with Crippen LogP contribution in [-0.4, -0.2) is 52.1 Å². The second-order valence-electron chi connectivity index (χ2n) is 35.7. The first-order valence-electron chi connectivity index (χ1n) is 36.2. The molecule has 0 saturated heterocycles. The standard InChI is InChI=1S/C95H104N5/c1-90(2,3)68-39-26-61(27-40-68)84-78-55-76-74-51-38-67(60-24-22-59(23-25-60)52-53-100(19,20)21)54-75(74)77(96-76)56-79-85(62-28-41-69(42-29-62)91(4,5)6)87(64-32-45-71(46-33-64)93(10,11)12)81(98-79)58-83-89(66-36-49-73(50-37-66)95(16,17)18)88(65-34-47-72(48-35-65)94(13,14)15)82(99-83)57-80(97-78)86(84)63-30-43-70(44-31-63)92(7,8)9/h22-51,54-58,96,99H,52-53H2,1-21H3/q+1. The summed E-state index contributed by atoms with van der Waals surface area (Å²) in [5.41, 5.74) is 31.5. The maximum absolute atomic E-state index is 6.04. The van der Waals surface area contributed by atoms with Gasteiger partial charge in [-0.05, 0) is 146 Å². The monoisotopic (exact) mass is 1310 g/mol. The average Bonchev–Trinajstić information content (AvgIpc) is 1.58. The molecule has 2 aliphatic rings. The van der Waals surface area contributed by atoms with Gasteiger partial charge < -0.3 is 14.5 Å². The molecule has 0 atom stereocenters. The summed E-state index contributed by atoms with van der Waals surface area (Å²) in [6.07, 6.45) is 1.01. The number of benzene rings is 8. The Morgan fingerprint density at radius 3 is 0.800 bits per heavy atom. The zero-order chi connectivity index (χ0) is 71.4. The van der Waals surface area contributed by atoms with Gasteiger partial charge in [0.2, 0.25) is 0 Å². The highest BCUT2D eigenvalue weighted by atomic mass is 15.3. The van der Waals surface area contributed by atoms with E-state index in [0.29, 0.717) is 0 Å². The van der Waals surface area contributed by atoms with Gasteiger partial charge in [-0.15, -0.1) is 0 Å². The van der Waals surface area contributed by atoms with Crippen LogP contribution in [0.1, 0.15) is 209 Å². The van der Waals surface area contributed by atoms with Crippen molar-refractivity contribution in [3.05, 3.63) is 296 Å². The van der Waals surface area contributed by atoms with Gasteiger partial charge in [0.05, 0.1) is 50.5 Å². The number of hydrogen-bond acceptors (Lipinski definition) is 2. The molecule has 0 radical (unpaired) electrons. The second kappa shape index (κ2) is 25.3. The third kappa shape index (κ3) is 14.1. The zero-order valence-corrected chi connectivity index (χ0v) is 63.5. The molecule has 0 spiro atoms. The average molecular weight is 1320 g/mol. The van der Waals surface area contributed by atoms with Crippen molar-refractivity contribution in [2.24, 2.45) is 0 Å². The van der Waals surface area contributed by atoms with Gasteiger partial charge >= 0.3 is 0 Å². The van der Waals surface area contributed by atoms with Gasteiger partial charge in [-0.3, -0.25) is 0 Å². The first-order chi connectivity index (χ1) is 46.9. The normalized spacial score (nSPS) is 13.7. The Morgan fingerprint density at radius 1 is 0.260 bits per heavy atom. The van der Waals surface area contributed by atoms with Crippen LogP contribution in [0.5, 0.6) is 0 Å². The number of aromatic amines is 2. The number of aromatic nitrogens is 4. The van der Waals surface area contributed by atoms with Crippen molar-refractivity contribution in [1.82, 2.24) is 19.9 Å². The molecule has 11 aromatic rings. The first kappa shape index (κ1) is 69.1. The molecule has 8 aromatic carbocycles. The summed E-state index contributed by atoms with van der Waals surface area (Å²) in [6, 6.07) is 81.4. The summed E-state index contributed by atoms with van der Waals surface area (Å²) in [5.74, 6) is 0. The molecular weight excluding hydrogens is 1210 g/mol. The Labute approximate surface area is 596 Å². The fourth-order valence-corrected chi connectivity index (χ4v) is 14.3. The van der Waals surface area contributed by atoms with E-state index in [-0.39, 0.29) is 32.5 Å². The number of H-pyrrole nitrogens is 2. The van der Waals surface area contributed by atoms with E-state index >= 15 is 0 Å². The molecule has 0 unspecified atom stereocenters. The van der Waals surface area contributed by atoms with Crippen LogP contribution in [0, 0.1) is 0 Å². The third-order valence-corrected chi connectivity index (χ3v) is 20.7. The minimum Gasteiger partial charge on any atom is -0.354 e. The van der Waals surface area contributed by atoms with Crippen molar-refractivity contribution in [3.8, 4) is 33.4 Å². The highest BCUT2D eigenvalue weighted by Crippen LogP contribution is 2.48. The molecule has 3 aromatic heterocycles. The van der Waals surface area contributed by atoms with Crippen molar-refractivity contribution in [2.75, 3.05) is 27.7 Å². The van der Waals surface area contributed by atoms with Crippen LogP contribution >= 0.6 is 0 Å². The van der Waals surface area contributed by atoms with Crippen LogP contribution in [0.4, 0.5) is 0 Å². The molecule has 2 aliphatic heterocycles. The molecule has 8 bridgehead atoms. The predicted octanol–water partition coefficient (Wildman–Crippen LogP) is 24.5. The van der Waals surface area contributed by atoms with Crippen LogP contribution in [0.25, 0.3) is 88.5 Å². The molecular formula is C95H104N5+. The second-order valence-corrected chi connectivity index (χ2v) is 35.7. The fraction of sp³-hybridized carbons (Fsp3) is 0.305. The van der Waals surface area contributed by atoms with E-state index in [0.717, 1.165) is 145 Å². The van der Waals surface area contributed by atoms with Crippen LogP contribution in [0.3, 0.4) is 0 Å². The van der Waals surface area contributed by atoms with E-state index in [1.165, 1.54) is 44.5 Å². The lowest BCUT2D eigenvalue weighted by molar-refractivity contribution is -0.870. The Hall–Kier alpha value is -9.42. The smallest absolute Gasteiger partial charge is 0.0821 e. The SMILES string of the molecule is CC(C)(C)c1ccc(C2=C(c3ccc(C(C)(C)C)cc3)c3cc4[nH]c(cc5nc(cc6[nH]c(cc2n3)c(-c2ccc(C(C)(C)C)cc2)c6-c2ccc(C(C)(C)C)cc2)C(c2ccc(C(C)(C)C)cc2)=C5c2ccc(C(C)(C)C)cc2)c2cc(-c3ccc(CC[N+](C)(C)C)cc3)ccc42)cc1. The van der Waals surface area contributed by atoms with Gasteiger partial charge in [0.25, 0.3) is 0 Å². The summed E-state index contributed by atoms with van der Waals surface area (Å²) in [7, 11) is 6.80. The molecule has 5 heteroatoms. The van der Waals surface area contributed by atoms with E-state index < -0.39 is 0 Å². The van der Waals surface area contributed by atoms with E-state index in [4.69, 9.17) is 9.97 Å². The van der Waals surface area contributed by atoms with Gasteiger partial charge in [-0.2, -0.15) is 0 Å². The lowest BCUT2D eigenvalue weighted by atomic mass is 9.84. The number of rotatable bonds is 10. The number of nitrogens with zero attached hydrogens (tertiary/aromatic N) is 3. The van der Waals surface area contributed by atoms with Crippen LogP contribution in [0.2, 0.25) is 0 Å². The van der Waals surface area contributed by atoms with Gasteiger partial charge in [-0.1, -0.05) is 307 Å². The number of hydrogen-bond donors (Lipinski definition) is 2. The minimum atomic E-state index is -0.0566. The number of quaternary nitrogens is 1. The predicted molar refractivity (Wildman–Crippen MR) is 429 cm³/mol. The maximum atomic E-state index is 6.04. The van der Waals surface area contributed by atoms with Gasteiger partial charge in [0.15, 0.2) is 0 Å². The highest BCUT2D eigenvalue weighted by molar-refractivity contribution is 6.13. The van der Waals surface area contributed by atoms with Crippen LogP contribution < -0.4 is 0 Å². The largest absolute Gasteiger partial charge is 0.354 e. The topological polar surface area (TPSA) is 57.4 Å². The van der Waals surface area contributed by atoms with E-state index in [1.54, 1.807) is 0 Å². The van der Waals surface area contributed by atoms with Crippen LogP contribution in [-0.2, 0) is 38.9 Å². The lowest BCUT2D eigenvalue weighted by Gasteiger charge is -2.23. The van der Waals surface area contributed by atoms with Gasteiger partial charge in [0, 0.05) is 72.7 Å². The lowest BCUT2D eigenvalue weighted by Crippen LogP contribution is -2.36. The zero-order valence-electron chi connectivity index (χ0n) is 63.5. The highest BCUT2D eigenvalue weighted by Gasteiger charge is 2.30. The maximum Gasteiger partial charge on any atom is 0.0821 e. The summed E-state index contributed by atoms with van der Waals surface area (Å²) in [6.45, 7) is 42.4. The Bertz CT molecular complexity index is 5150. The van der Waals surface area contributed by atoms with Crippen LogP contribution in [0.15, 0.2) is 212 Å². The molecule has 0 fully saturated rings. The van der Waals surface area contributed by atoms with Crippen molar-refractivity contribution >= 4 is 55.1 Å². The van der Waals surface area contributed by atoms with E-state index in [2.05, 4.69) is 368 Å². The van der Waals surface area contributed by atoms with Gasteiger partial charge in [-0.25, -0.2) is 9.97 Å². The molecule has 5 heterocycles. The van der Waals surface area contributed by atoms with Crippen molar-refractivity contribution in [1.29, 1.82) is 0 Å². The summed E-state index contributed by atoms with van der Waals surface area (Å²) in [5, 5.41) is 2.20. The number of likely N-dealkylation sites (N-methyl/N-ethyl adjacent to an activating group) is 1. The molecule has 508 valence electrons. The molecule has 5 nitrogen and oxygen atoms in total. The summed E-state index contributed by atoms with van der Waals surface area (Å²) < 4.78 is 0.918. The number of nitrogens with one attached hydrogen (secondary N) is 2.